The van der Waals surface area contributed by atoms with E-state index in [1.165, 1.54) is 43.8 Å². The van der Waals surface area contributed by atoms with Crippen LogP contribution in [0.2, 0.25) is 0 Å². The molecule has 0 saturated heterocycles. The Balaban J connectivity index is 1.31. The molecule has 40 heavy (non-hydrogen) atoms. The molecule has 5 aromatic rings. The number of aromatic nitrogens is 2. The van der Waals surface area contributed by atoms with Crippen LogP contribution in [-0.2, 0) is 19.5 Å². The van der Waals surface area contributed by atoms with Crippen molar-refractivity contribution in [3.63, 3.8) is 0 Å². The lowest BCUT2D eigenvalue weighted by Crippen LogP contribution is -2.35. The first-order chi connectivity index (χ1) is 19.6. The van der Waals surface area contributed by atoms with Gasteiger partial charge in [0.25, 0.3) is 11.1 Å². The zero-order valence-corrected chi connectivity index (χ0v) is 24.4. The SMILES string of the molecule is CCn1c(=O)/c(=C/C=C2\SC3=C(CCc4ccccc43)N2C)s/c1=C\c1oc2ccc3ccccc3c2[n+]1CC. The Morgan fingerprint density at radius 2 is 1.82 bits per heavy atom. The summed E-state index contributed by atoms with van der Waals surface area (Å²) in [5.41, 5.74) is 6.10. The maximum absolute atomic E-state index is 13.4. The lowest BCUT2D eigenvalue weighted by Gasteiger charge is -2.21. The molecule has 0 saturated carbocycles. The highest BCUT2D eigenvalue weighted by Crippen LogP contribution is 2.50. The predicted octanol–water partition coefficient (Wildman–Crippen LogP) is 5.58. The van der Waals surface area contributed by atoms with Crippen molar-refractivity contribution in [2.75, 3.05) is 7.05 Å². The minimum absolute atomic E-state index is 0.0360. The molecule has 2 aromatic heterocycles. The van der Waals surface area contributed by atoms with E-state index in [0.717, 1.165) is 50.6 Å². The third-order valence-electron chi connectivity index (χ3n) is 7.90. The highest BCUT2D eigenvalue weighted by Gasteiger charge is 2.30. The topological polar surface area (TPSA) is 42.3 Å². The number of thiazole rings is 1. The Bertz CT molecular complexity index is 2060. The van der Waals surface area contributed by atoms with E-state index in [4.69, 9.17) is 4.42 Å². The fraction of sp³-hybridized carbons (Fsp3) is 0.212. The standard InChI is InChI=1S/C33H30N3O2S2/c1-4-35-28(38-26-17-15-21-10-6-8-12-23(21)31(26)35)20-30-36(5-2)33(37)27(39-30)18-19-29-34(3)25-16-14-22-11-7-9-13-24(22)32(25)40-29/h6-13,15,17-20H,4-5,14,16H2,1-3H3/q+1/b27-18-,29-19-. The monoisotopic (exact) mass is 564 g/mol. The molecule has 3 heterocycles. The molecule has 0 unspecified atom stereocenters. The lowest BCUT2D eigenvalue weighted by molar-refractivity contribution is -0.673. The minimum atomic E-state index is 0.0360. The molecule has 200 valence electrons. The second-order valence-corrected chi connectivity index (χ2v) is 12.2. The molecular weight excluding hydrogens is 535 g/mol. The maximum atomic E-state index is 13.4. The normalized spacial score (nSPS) is 17.1. The van der Waals surface area contributed by atoms with Crippen LogP contribution in [0, 0.1) is 0 Å². The molecular formula is C33H30N3O2S2+. The van der Waals surface area contributed by atoms with Crippen molar-refractivity contribution in [3.05, 3.63) is 114 Å². The Hall–Kier alpha value is -3.81. The number of hydrogen-bond donors (Lipinski definition) is 0. The molecule has 0 bridgehead atoms. The molecule has 0 fully saturated rings. The number of fused-ring (bicyclic) bond motifs is 5. The Labute approximate surface area is 240 Å². The second kappa shape index (κ2) is 9.98. The second-order valence-electron chi connectivity index (χ2n) is 10.1. The van der Waals surface area contributed by atoms with Gasteiger partial charge in [-0.2, -0.15) is 4.57 Å². The van der Waals surface area contributed by atoms with Crippen molar-refractivity contribution < 1.29 is 8.98 Å². The van der Waals surface area contributed by atoms with Crippen molar-refractivity contribution >= 4 is 62.0 Å². The van der Waals surface area contributed by atoms with Gasteiger partial charge < -0.3 is 9.32 Å². The van der Waals surface area contributed by atoms with Crippen LogP contribution >= 0.6 is 23.1 Å². The van der Waals surface area contributed by atoms with Gasteiger partial charge in [-0.05, 0) is 67.5 Å². The van der Waals surface area contributed by atoms with E-state index in [9.17, 15) is 4.79 Å². The highest BCUT2D eigenvalue weighted by atomic mass is 32.2. The van der Waals surface area contributed by atoms with Crippen LogP contribution in [0.15, 0.2) is 86.7 Å². The number of benzene rings is 3. The molecule has 2 aliphatic rings. The Kier molecular flexibility index (Phi) is 6.28. The van der Waals surface area contributed by atoms with Crippen LogP contribution in [0.5, 0.6) is 0 Å². The van der Waals surface area contributed by atoms with E-state index in [-0.39, 0.29) is 5.56 Å². The first-order valence-corrected chi connectivity index (χ1v) is 15.4. The summed E-state index contributed by atoms with van der Waals surface area (Å²) < 4.78 is 12.0. The molecule has 7 heteroatoms. The first-order valence-electron chi connectivity index (χ1n) is 13.8. The molecule has 0 amide bonds. The summed E-state index contributed by atoms with van der Waals surface area (Å²) in [7, 11) is 2.13. The number of aryl methyl sites for hydroxylation is 2. The van der Waals surface area contributed by atoms with Gasteiger partial charge in [-0.25, -0.2) is 0 Å². The van der Waals surface area contributed by atoms with Crippen LogP contribution in [0.1, 0.15) is 37.3 Å². The van der Waals surface area contributed by atoms with Gasteiger partial charge in [0.1, 0.15) is 11.2 Å². The summed E-state index contributed by atoms with van der Waals surface area (Å²) in [5.74, 6) is 0.754. The number of oxazole rings is 1. The number of allylic oxidation sites excluding steroid dienone is 2. The molecule has 3 aromatic carbocycles. The predicted molar refractivity (Wildman–Crippen MR) is 166 cm³/mol. The zero-order chi connectivity index (χ0) is 27.4. The van der Waals surface area contributed by atoms with Gasteiger partial charge in [0.2, 0.25) is 5.58 Å². The van der Waals surface area contributed by atoms with Gasteiger partial charge in [-0.3, -0.25) is 9.36 Å². The molecule has 5 nitrogen and oxygen atoms in total. The minimum Gasteiger partial charge on any atom is -0.398 e. The quantitative estimate of drug-likeness (QED) is 0.267. The molecule has 0 atom stereocenters. The van der Waals surface area contributed by atoms with Crippen LogP contribution < -0.4 is 19.3 Å². The average Bonchev–Trinajstić information content (AvgIpc) is 3.61. The van der Waals surface area contributed by atoms with Gasteiger partial charge in [-0.15, -0.1) is 11.3 Å². The van der Waals surface area contributed by atoms with Gasteiger partial charge in [0.15, 0.2) is 0 Å². The van der Waals surface area contributed by atoms with E-state index in [1.54, 1.807) is 11.8 Å². The Morgan fingerprint density at radius 3 is 2.67 bits per heavy atom. The summed E-state index contributed by atoms with van der Waals surface area (Å²) >= 11 is 3.32. The van der Waals surface area contributed by atoms with E-state index in [1.807, 2.05) is 29.7 Å². The van der Waals surface area contributed by atoms with E-state index < -0.39 is 0 Å². The fourth-order valence-corrected chi connectivity index (χ4v) is 8.17. The van der Waals surface area contributed by atoms with Crippen molar-refractivity contribution in [2.24, 2.45) is 0 Å². The van der Waals surface area contributed by atoms with Crippen molar-refractivity contribution in [1.29, 1.82) is 0 Å². The Morgan fingerprint density at radius 1 is 1.00 bits per heavy atom. The van der Waals surface area contributed by atoms with Crippen LogP contribution in [0.25, 0.3) is 38.9 Å². The van der Waals surface area contributed by atoms with Crippen molar-refractivity contribution in [1.82, 2.24) is 9.47 Å². The summed E-state index contributed by atoms with van der Waals surface area (Å²) in [6, 6.07) is 21.2. The molecule has 0 N–H and O–H groups in total. The summed E-state index contributed by atoms with van der Waals surface area (Å²) in [6.07, 6.45) is 8.21. The number of rotatable bonds is 4. The van der Waals surface area contributed by atoms with E-state index in [2.05, 4.69) is 84.1 Å². The zero-order valence-electron chi connectivity index (χ0n) is 22.8. The molecule has 0 radical (unpaired) electrons. The lowest BCUT2D eigenvalue weighted by atomic mass is 9.95. The number of thioether (sulfide) groups is 1. The molecule has 1 aliphatic carbocycles. The molecule has 1 aliphatic heterocycles. The summed E-state index contributed by atoms with van der Waals surface area (Å²) in [6.45, 7) is 5.51. The van der Waals surface area contributed by atoms with E-state index in [0.29, 0.717) is 6.54 Å². The molecule has 0 spiro atoms. The molecule has 7 rings (SSSR count). The van der Waals surface area contributed by atoms with Crippen LogP contribution in [-0.4, -0.2) is 16.5 Å². The largest absolute Gasteiger partial charge is 0.398 e. The number of hydrogen-bond acceptors (Lipinski definition) is 5. The first kappa shape index (κ1) is 25.2. The van der Waals surface area contributed by atoms with Gasteiger partial charge in [0.05, 0.1) is 21.0 Å². The van der Waals surface area contributed by atoms with Gasteiger partial charge >= 0.3 is 5.89 Å². The fourth-order valence-electron chi connectivity index (χ4n) is 5.87. The van der Waals surface area contributed by atoms with Gasteiger partial charge in [0, 0.05) is 24.2 Å². The number of nitrogens with zero attached hydrogens (tertiary/aromatic N) is 3. The van der Waals surface area contributed by atoms with Crippen molar-refractivity contribution in [2.45, 2.75) is 39.8 Å². The smallest absolute Gasteiger partial charge is 0.377 e. The van der Waals surface area contributed by atoms with Crippen LogP contribution in [0.3, 0.4) is 0 Å². The third kappa shape index (κ3) is 3.99. The van der Waals surface area contributed by atoms with Gasteiger partial charge in [-0.1, -0.05) is 60.3 Å². The van der Waals surface area contributed by atoms with E-state index >= 15 is 0 Å². The maximum Gasteiger partial charge on any atom is 0.377 e. The average molecular weight is 565 g/mol. The summed E-state index contributed by atoms with van der Waals surface area (Å²) in [5, 5.41) is 3.50. The van der Waals surface area contributed by atoms with Crippen molar-refractivity contribution in [3.8, 4) is 0 Å². The van der Waals surface area contributed by atoms with Crippen LogP contribution in [0.4, 0.5) is 0 Å². The third-order valence-corrected chi connectivity index (χ3v) is 10.3. The summed E-state index contributed by atoms with van der Waals surface area (Å²) in [4.78, 5) is 17.1. The highest BCUT2D eigenvalue weighted by molar-refractivity contribution is 8.12.